The summed E-state index contributed by atoms with van der Waals surface area (Å²) in [6.45, 7) is 5.82. The Morgan fingerprint density at radius 1 is 1.09 bits per heavy atom. The predicted molar refractivity (Wildman–Crippen MR) is 145 cm³/mol. The summed E-state index contributed by atoms with van der Waals surface area (Å²) in [7, 11) is 1.76. The van der Waals surface area contributed by atoms with Crippen molar-refractivity contribution in [1.29, 1.82) is 0 Å². The van der Waals surface area contributed by atoms with Crippen LogP contribution in [0.4, 0.5) is 10.5 Å². The molecule has 1 saturated heterocycles. The zero-order valence-corrected chi connectivity index (χ0v) is 21.9. The van der Waals surface area contributed by atoms with Crippen molar-refractivity contribution in [2.75, 3.05) is 38.6 Å². The number of nitrogens with one attached hydrogen (secondary N) is 3. The fraction of sp³-hybridized carbons (Fsp3) is 0.440. The van der Waals surface area contributed by atoms with Gasteiger partial charge < -0.3 is 25.6 Å². The Kier molecular flexibility index (Phi) is 12.0. The molecular formula is C25H36IN5O2. The Morgan fingerprint density at radius 2 is 1.85 bits per heavy atom. The van der Waals surface area contributed by atoms with E-state index in [1.807, 2.05) is 47.4 Å². The van der Waals surface area contributed by atoms with Gasteiger partial charge in [-0.3, -0.25) is 4.99 Å². The number of guanidine groups is 1. The number of hydrogen-bond acceptors (Lipinski definition) is 3. The highest BCUT2D eigenvalue weighted by Gasteiger charge is 2.17. The van der Waals surface area contributed by atoms with Crippen molar-refractivity contribution in [2.45, 2.75) is 38.8 Å². The van der Waals surface area contributed by atoms with Gasteiger partial charge in [-0.05, 0) is 49.4 Å². The fourth-order valence-electron chi connectivity index (χ4n) is 3.65. The van der Waals surface area contributed by atoms with E-state index in [2.05, 4.69) is 40.0 Å². The van der Waals surface area contributed by atoms with Gasteiger partial charge in [-0.2, -0.15) is 0 Å². The standard InChI is InChI=1S/C25H35N5O2.HI/c1-20(22-11-4-3-5-12-22)32-17-9-14-27-24(26-2)28-19-21-10-8-13-23(18-21)29-25(31)30-15-6-7-16-30;/h3-5,8,10-13,18,20H,6-7,9,14-17,19H2,1-2H3,(H,29,31)(H2,26,27,28);1H. The summed E-state index contributed by atoms with van der Waals surface area (Å²) in [4.78, 5) is 18.4. The highest BCUT2D eigenvalue weighted by molar-refractivity contribution is 14.0. The molecular weight excluding hydrogens is 529 g/mol. The summed E-state index contributed by atoms with van der Waals surface area (Å²) in [6, 6.07) is 18.1. The van der Waals surface area contributed by atoms with E-state index in [9.17, 15) is 4.79 Å². The van der Waals surface area contributed by atoms with Crippen LogP contribution in [0.3, 0.4) is 0 Å². The van der Waals surface area contributed by atoms with Gasteiger partial charge in [0.25, 0.3) is 0 Å². The van der Waals surface area contributed by atoms with E-state index in [1.165, 1.54) is 5.56 Å². The lowest BCUT2D eigenvalue weighted by Gasteiger charge is -2.17. The number of halogens is 1. The lowest BCUT2D eigenvalue weighted by Crippen LogP contribution is -2.37. The Hall–Kier alpha value is -2.33. The summed E-state index contributed by atoms with van der Waals surface area (Å²) in [6.07, 6.45) is 3.14. The van der Waals surface area contributed by atoms with Crippen molar-refractivity contribution in [3.8, 4) is 0 Å². The van der Waals surface area contributed by atoms with Gasteiger partial charge in [0.2, 0.25) is 0 Å². The van der Waals surface area contributed by atoms with E-state index in [0.29, 0.717) is 13.2 Å². The van der Waals surface area contributed by atoms with Crippen molar-refractivity contribution >= 4 is 41.7 Å². The molecule has 0 spiro atoms. The first-order chi connectivity index (χ1) is 15.7. The number of carbonyl (C=O) groups is 1. The molecule has 0 radical (unpaired) electrons. The van der Waals surface area contributed by atoms with Gasteiger partial charge in [0.05, 0.1) is 6.10 Å². The number of carbonyl (C=O) groups excluding carboxylic acids is 1. The number of rotatable bonds is 9. The third-order valence-corrected chi connectivity index (χ3v) is 5.51. The average molecular weight is 566 g/mol. The molecule has 0 aromatic heterocycles. The minimum absolute atomic E-state index is 0. The van der Waals surface area contributed by atoms with E-state index in [-0.39, 0.29) is 36.1 Å². The monoisotopic (exact) mass is 565 g/mol. The first-order valence-electron chi connectivity index (χ1n) is 11.4. The summed E-state index contributed by atoms with van der Waals surface area (Å²) >= 11 is 0. The van der Waals surface area contributed by atoms with Crippen LogP contribution >= 0.6 is 24.0 Å². The van der Waals surface area contributed by atoms with Gasteiger partial charge in [0.15, 0.2) is 5.96 Å². The Morgan fingerprint density at radius 3 is 2.58 bits per heavy atom. The van der Waals surface area contributed by atoms with Gasteiger partial charge in [0, 0.05) is 45.5 Å². The summed E-state index contributed by atoms with van der Waals surface area (Å²) < 4.78 is 5.92. The van der Waals surface area contributed by atoms with Crippen LogP contribution in [0.15, 0.2) is 59.6 Å². The molecule has 8 heteroatoms. The van der Waals surface area contributed by atoms with Crippen molar-refractivity contribution < 1.29 is 9.53 Å². The first-order valence-corrected chi connectivity index (χ1v) is 11.4. The molecule has 3 rings (SSSR count). The third kappa shape index (κ3) is 9.21. The number of aliphatic imine (C=N–C) groups is 1. The Balaban J connectivity index is 0.00000385. The summed E-state index contributed by atoms with van der Waals surface area (Å²) in [5.41, 5.74) is 3.08. The lowest BCUT2D eigenvalue weighted by molar-refractivity contribution is 0.0646. The minimum Gasteiger partial charge on any atom is -0.374 e. The van der Waals surface area contributed by atoms with Gasteiger partial charge in [-0.15, -0.1) is 24.0 Å². The maximum atomic E-state index is 12.3. The molecule has 1 aliphatic heterocycles. The molecule has 0 bridgehead atoms. The smallest absolute Gasteiger partial charge is 0.321 e. The predicted octanol–water partition coefficient (Wildman–Crippen LogP) is 4.77. The number of benzene rings is 2. The number of likely N-dealkylation sites (tertiary alicyclic amines) is 1. The molecule has 3 N–H and O–H groups in total. The number of urea groups is 1. The highest BCUT2D eigenvalue weighted by Crippen LogP contribution is 2.16. The van der Waals surface area contributed by atoms with Crippen LogP contribution in [-0.4, -0.2) is 50.2 Å². The molecule has 2 aromatic rings. The average Bonchev–Trinajstić information content (AvgIpc) is 3.37. The lowest BCUT2D eigenvalue weighted by atomic mass is 10.1. The molecule has 0 saturated carbocycles. The number of anilines is 1. The molecule has 33 heavy (non-hydrogen) atoms. The zero-order valence-electron chi connectivity index (χ0n) is 19.5. The van der Waals surface area contributed by atoms with E-state index < -0.39 is 0 Å². The minimum atomic E-state index is -0.0195. The van der Waals surface area contributed by atoms with E-state index in [0.717, 1.165) is 56.1 Å². The molecule has 2 amide bonds. The third-order valence-electron chi connectivity index (χ3n) is 5.51. The highest BCUT2D eigenvalue weighted by atomic mass is 127. The van der Waals surface area contributed by atoms with Crippen LogP contribution in [0.25, 0.3) is 0 Å². The second-order valence-electron chi connectivity index (χ2n) is 7.95. The molecule has 180 valence electrons. The first kappa shape index (κ1) is 26.9. The summed E-state index contributed by atoms with van der Waals surface area (Å²) in [5.74, 6) is 0.743. The zero-order chi connectivity index (χ0) is 22.6. The van der Waals surface area contributed by atoms with Crippen molar-refractivity contribution in [1.82, 2.24) is 15.5 Å². The van der Waals surface area contributed by atoms with Crippen LogP contribution in [-0.2, 0) is 11.3 Å². The van der Waals surface area contributed by atoms with Gasteiger partial charge in [-0.1, -0.05) is 42.5 Å². The fourth-order valence-corrected chi connectivity index (χ4v) is 3.65. The number of ether oxygens (including phenoxy) is 1. The maximum absolute atomic E-state index is 12.3. The number of nitrogens with zero attached hydrogens (tertiary/aromatic N) is 2. The molecule has 1 unspecified atom stereocenters. The summed E-state index contributed by atoms with van der Waals surface area (Å²) in [5, 5.41) is 9.64. The second kappa shape index (κ2) is 14.7. The topological polar surface area (TPSA) is 78.0 Å². The van der Waals surface area contributed by atoms with E-state index >= 15 is 0 Å². The maximum Gasteiger partial charge on any atom is 0.321 e. The molecule has 1 atom stereocenters. The van der Waals surface area contributed by atoms with Crippen molar-refractivity contribution in [3.05, 3.63) is 65.7 Å². The van der Waals surface area contributed by atoms with E-state index in [4.69, 9.17) is 4.74 Å². The van der Waals surface area contributed by atoms with Crippen molar-refractivity contribution in [3.63, 3.8) is 0 Å². The van der Waals surface area contributed by atoms with Gasteiger partial charge >= 0.3 is 6.03 Å². The van der Waals surface area contributed by atoms with Crippen LogP contribution in [0.5, 0.6) is 0 Å². The van der Waals surface area contributed by atoms with Crippen LogP contribution < -0.4 is 16.0 Å². The SMILES string of the molecule is CN=C(NCCCOC(C)c1ccccc1)NCc1cccc(NC(=O)N2CCCC2)c1.I. The quantitative estimate of drug-likeness (QED) is 0.177. The normalized spacial score (nSPS) is 14.4. The van der Waals surface area contributed by atoms with Crippen LogP contribution in [0, 0.1) is 0 Å². The molecule has 0 aliphatic carbocycles. The molecule has 2 aromatic carbocycles. The Labute approximate surface area is 214 Å². The largest absolute Gasteiger partial charge is 0.374 e. The van der Waals surface area contributed by atoms with Gasteiger partial charge in [0.1, 0.15) is 0 Å². The Bertz CT molecular complexity index is 872. The van der Waals surface area contributed by atoms with Crippen LogP contribution in [0.2, 0.25) is 0 Å². The molecule has 1 heterocycles. The van der Waals surface area contributed by atoms with Crippen LogP contribution in [0.1, 0.15) is 43.4 Å². The van der Waals surface area contributed by atoms with E-state index in [1.54, 1.807) is 7.05 Å². The number of hydrogen-bond donors (Lipinski definition) is 3. The molecule has 7 nitrogen and oxygen atoms in total. The second-order valence-corrected chi connectivity index (χ2v) is 7.95. The van der Waals surface area contributed by atoms with Gasteiger partial charge in [-0.25, -0.2) is 4.79 Å². The number of amides is 2. The van der Waals surface area contributed by atoms with Crippen molar-refractivity contribution in [2.24, 2.45) is 4.99 Å². The molecule has 1 fully saturated rings. The molecule has 1 aliphatic rings.